The predicted molar refractivity (Wildman–Crippen MR) is 79.0 cm³/mol. The molecule has 1 saturated heterocycles. The molecule has 1 amide bonds. The minimum Gasteiger partial charge on any atom is -0.480 e. The van der Waals surface area contributed by atoms with Crippen molar-refractivity contribution in [2.24, 2.45) is 0 Å². The van der Waals surface area contributed by atoms with Crippen LogP contribution < -0.4 is 0 Å². The van der Waals surface area contributed by atoms with Gasteiger partial charge in [0.15, 0.2) is 0 Å². The SMILES string of the molecule is O=C(O)[C@H]1CCCCN1C(=O)C1(c2ccccc2)CCC1. The molecule has 1 aromatic carbocycles. The molecule has 1 N–H and O–H groups in total. The van der Waals surface area contributed by atoms with Gasteiger partial charge in [-0.05, 0) is 37.7 Å². The smallest absolute Gasteiger partial charge is 0.326 e. The summed E-state index contributed by atoms with van der Waals surface area (Å²) < 4.78 is 0. The highest BCUT2D eigenvalue weighted by Gasteiger charge is 2.49. The topological polar surface area (TPSA) is 57.6 Å². The number of piperidine rings is 1. The summed E-state index contributed by atoms with van der Waals surface area (Å²) in [6.45, 7) is 0.574. The Morgan fingerprint density at radius 2 is 1.81 bits per heavy atom. The largest absolute Gasteiger partial charge is 0.480 e. The van der Waals surface area contributed by atoms with Crippen LogP contribution >= 0.6 is 0 Å². The highest BCUT2D eigenvalue weighted by atomic mass is 16.4. The third-order valence-electron chi connectivity index (χ3n) is 4.99. The minimum absolute atomic E-state index is 0.0204. The maximum absolute atomic E-state index is 13.1. The molecule has 4 heteroatoms. The summed E-state index contributed by atoms with van der Waals surface area (Å²) in [7, 11) is 0. The van der Waals surface area contributed by atoms with Gasteiger partial charge < -0.3 is 10.0 Å². The summed E-state index contributed by atoms with van der Waals surface area (Å²) in [4.78, 5) is 26.1. The van der Waals surface area contributed by atoms with Crippen molar-refractivity contribution >= 4 is 11.9 Å². The van der Waals surface area contributed by atoms with E-state index >= 15 is 0 Å². The van der Waals surface area contributed by atoms with Gasteiger partial charge in [0.1, 0.15) is 6.04 Å². The third-order valence-corrected chi connectivity index (χ3v) is 4.99. The lowest BCUT2D eigenvalue weighted by Crippen LogP contribution is -2.57. The van der Waals surface area contributed by atoms with Crippen LogP contribution in [-0.2, 0) is 15.0 Å². The van der Waals surface area contributed by atoms with Crippen LogP contribution in [0.5, 0.6) is 0 Å². The zero-order valence-corrected chi connectivity index (χ0v) is 12.1. The number of likely N-dealkylation sites (tertiary alicyclic amines) is 1. The van der Waals surface area contributed by atoms with E-state index in [0.29, 0.717) is 13.0 Å². The molecule has 0 bridgehead atoms. The van der Waals surface area contributed by atoms with Gasteiger partial charge in [-0.15, -0.1) is 0 Å². The first-order chi connectivity index (χ1) is 10.1. The maximum atomic E-state index is 13.1. The number of aliphatic carboxylic acids is 1. The summed E-state index contributed by atoms with van der Waals surface area (Å²) in [6, 6.07) is 9.20. The van der Waals surface area contributed by atoms with Crippen molar-refractivity contribution in [3.63, 3.8) is 0 Å². The number of hydrogen-bond donors (Lipinski definition) is 1. The molecule has 1 aliphatic heterocycles. The molecule has 4 nitrogen and oxygen atoms in total. The molecule has 0 aromatic heterocycles. The van der Waals surface area contributed by atoms with Crippen LogP contribution in [0.4, 0.5) is 0 Å². The summed E-state index contributed by atoms with van der Waals surface area (Å²) in [5.41, 5.74) is 0.558. The van der Waals surface area contributed by atoms with Crippen molar-refractivity contribution in [3.05, 3.63) is 35.9 Å². The predicted octanol–water partition coefficient (Wildman–Crippen LogP) is 2.57. The first-order valence-electron chi connectivity index (χ1n) is 7.74. The number of hydrogen-bond acceptors (Lipinski definition) is 2. The Bertz CT molecular complexity index is 536. The van der Waals surface area contributed by atoms with Crippen LogP contribution in [-0.4, -0.2) is 34.5 Å². The molecule has 112 valence electrons. The molecule has 1 aliphatic carbocycles. The molecule has 1 saturated carbocycles. The third kappa shape index (κ3) is 2.33. The van der Waals surface area contributed by atoms with E-state index in [9.17, 15) is 14.7 Å². The summed E-state index contributed by atoms with van der Waals surface area (Å²) in [6.07, 6.45) is 5.06. The normalized spacial score (nSPS) is 24.2. The number of amides is 1. The van der Waals surface area contributed by atoms with Gasteiger partial charge in [0, 0.05) is 6.54 Å². The quantitative estimate of drug-likeness (QED) is 0.929. The Hall–Kier alpha value is -1.84. The van der Waals surface area contributed by atoms with Crippen molar-refractivity contribution in [1.29, 1.82) is 0 Å². The second kappa shape index (κ2) is 5.51. The molecular weight excluding hydrogens is 266 g/mol. The van der Waals surface area contributed by atoms with E-state index in [1.807, 2.05) is 30.3 Å². The average molecular weight is 287 g/mol. The van der Waals surface area contributed by atoms with Crippen molar-refractivity contribution in [2.45, 2.75) is 50.0 Å². The Balaban J connectivity index is 1.90. The number of rotatable bonds is 3. The van der Waals surface area contributed by atoms with Gasteiger partial charge >= 0.3 is 5.97 Å². The lowest BCUT2D eigenvalue weighted by Gasteiger charge is -2.46. The number of carboxylic acid groups (broad SMARTS) is 1. The first kappa shape index (κ1) is 14.1. The Morgan fingerprint density at radius 1 is 1.10 bits per heavy atom. The first-order valence-corrected chi connectivity index (χ1v) is 7.74. The number of carbonyl (C=O) groups excluding carboxylic acids is 1. The van der Waals surface area contributed by atoms with Gasteiger partial charge in [-0.25, -0.2) is 4.79 Å². The van der Waals surface area contributed by atoms with E-state index in [-0.39, 0.29) is 5.91 Å². The highest BCUT2D eigenvalue weighted by molar-refractivity contribution is 5.92. The highest BCUT2D eigenvalue weighted by Crippen LogP contribution is 2.46. The van der Waals surface area contributed by atoms with E-state index in [0.717, 1.165) is 37.7 Å². The molecule has 1 heterocycles. The number of carboxylic acids is 1. The monoisotopic (exact) mass is 287 g/mol. The second-order valence-corrected chi connectivity index (χ2v) is 6.15. The van der Waals surface area contributed by atoms with Crippen molar-refractivity contribution in [1.82, 2.24) is 4.90 Å². The number of carbonyl (C=O) groups is 2. The summed E-state index contributed by atoms with van der Waals surface area (Å²) in [5.74, 6) is -0.849. The average Bonchev–Trinajstić information content (AvgIpc) is 2.47. The van der Waals surface area contributed by atoms with Crippen LogP contribution in [0.15, 0.2) is 30.3 Å². The summed E-state index contributed by atoms with van der Waals surface area (Å²) >= 11 is 0. The van der Waals surface area contributed by atoms with Gasteiger partial charge in [0.2, 0.25) is 5.91 Å². The molecule has 21 heavy (non-hydrogen) atoms. The number of nitrogens with zero attached hydrogens (tertiary/aromatic N) is 1. The molecule has 0 radical (unpaired) electrons. The van der Waals surface area contributed by atoms with Crippen LogP contribution in [0.1, 0.15) is 44.1 Å². The molecule has 1 aromatic rings. The summed E-state index contributed by atoms with van der Waals surface area (Å²) in [5, 5.41) is 9.39. The van der Waals surface area contributed by atoms with Crippen molar-refractivity contribution < 1.29 is 14.7 Å². The maximum Gasteiger partial charge on any atom is 0.326 e. The fraction of sp³-hybridized carbons (Fsp3) is 0.529. The van der Waals surface area contributed by atoms with Gasteiger partial charge in [-0.1, -0.05) is 36.8 Å². The van der Waals surface area contributed by atoms with Gasteiger partial charge in [-0.2, -0.15) is 0 Å². The molecular formula is C17H21NO3. The Morgan fingerprint density at radius 3 is 2.38 bits per heavy atom. The van der Waals surface area contributed by atoms with E-state index in [1.165, 1.54) is 0 Å². The van der Waals surface area contributed by atoms with Gasteiger partial charge in [0.05, 0.1) is 5.41 Å². The van der Waals surface area contributed by atoms with Gasteiger partial charge in [0.25, 0.3) is 0 Å². The van der Waals surface area contributed by atoms with E-state index in [1.54, 1.807) is 4.90 Å². The molecule has 3 rings (SSSR count). The molecule has 1 atom stereocenters. The van der Waals surface area contributed by atoms with Crippen LogP contribution in [0.25, 0.3) is 0 Å². The molecule has 2 fully saturated rings. The Labute approximate surface area is 124 Å². The second-order valence-electron chi connectivity index (χ2n) is 6.15. The zero-order chi connectivity index (χ0) is 14.9. The fourth-order valence-electron chi connectivity index (χ4n) is 3.62. The molecule has 2 aliphatic rings. The van der Waals surface area contributed by atoms with Gasteiger partial charge in [-0.3, -0.25) is 4.79 Å². The van der Waals surface area contributed by atoms with Crippen molar-refractivity contribution in [3.8, 4) is 0 Å². The van der Waals surface area contributed by atoms with E-state index < -0.39 is 17.4 Å². The molecule has 0 unspecified atom stereocenters. The lowest BCUT2D eigenvalue weighted by molar-refractivity contribution is -0.156. The minimum atomic E-state index is -0.870. The zero-order valence-electron chi connectivity index (χ0n) is 12.1. The fourth-order valence-corrected chi connectivity index (χ4v) is 3.62. The lowest BCUT2D eigenvalue weighted by atomic mass is 9.63. The van der Waals surface area contributed by atoms with Crippen molar-refractivity contribution in [2.75, 3.05) is 6.54 Å². The van der Waals surface area contributed by atoms with Crippen LogP contribution in [0, 0.1) is 0 Å². The van der Waals surface area contributed by atoms with Crippen LogP contribution in [0.3, 0.4) is 0 Å². The Kier molecular flexibility index (Phi) is 3.70. The van der Waals surface area contributed by atoms with Crippen LogP contribution in [0.2, 0.25) is 0 Å². The standard InChI is InChI=1S/C17H21NO3/c19-15(20)14-9-4-5-12-18(14)16(21)17(10-6-11-17)13-7-2-1-3-8-13/h1-3,7-8,14H,4-6,9-12H2,(H,19,20)/t14-/m1/s1. The van der Waals surface area contributed by atoms with E-state index in [2.05, 4.69) is 0 Å². The molecule has 0 spiro atoms. The number of benzene rings is 1. The van der Waals surface area contributed by atoms with E-state index in [4.69, 9.17) is 0 Å².